The SMILES string of the molecule is NCCCOC1CCCNCC1. The van der Waals surface area contributed by atoms with Gasteiger partial charge in [0.15, 0.2) is 0 Å². The maximum atomic E-state index is 5.68. The number of hydrogen-bond donors (Lipinski definition) is 2. The highest BCUT2D eigenvalue weighted by Gasteiger charge is 2.10. The van der Waals surface area contributed by atoms with Gasteiger partial charge in [0.2, 0.25) is 0 Å². The Balaban J connectivity index is 2.04. The third-order valence-electron chi connectivity index (χ3n) is 2.22. The first-order valence-electron chi connectivity index (χ1n) is 4.96. The fourth-order valence-corrected chi connectivity index (χ4v) is 1.49. The van der Waals surface area contributed by atoms with Crippen LogP contribution in [0.25, 0.3) is 0 Å². The third kappa shape index (κ3) is 4.04. The molecule has 1 saturated heterocycles. The van der Waals surface area contributed by atoms with E-state index in [4.69, 9.17) is 10.5 Å². The molecule has 1 aliphatic rings. The second-order valence-electron chi connectivity index (χ2n) is 3.32. The number of rotatable bonds is 4. The van der Waals surface area contributed by atoms with Crippen LogP contribution in [0.15, 0.2) is 0 Å². The summed E-state index contributed by atoms with van der Waals surface area (Å²) < 4.78 is 5.68. The molecule has 1 heterocycles. The fourth-order valence-electron chi connectivity index (χ4n) is 1.49. The molecule has 0 bridgehead atoms. The Morgan fingerprint density at radius 3 is 3.08 bits per heavy atom. The van der Waals surface area contributed by atoms with Crippen LogP contribution in [0.5, 0.6) is 0 Å². The summed E-state index contributed by atoms with van der Waals surface area (Å²) in [6.45, 7) is 3.83. The molecule has 1 rings (SSSR count). The van der Waals surface area contributed by atoms with E-state index in [1.54, 1.807) is 0 Å². The zero-order valence-corrected chi connectivity index (χ0v) is 7.72. The van der Waals surface area contributed by atoms with Crippen molar-refractivity contribution in [2.75, 3.05) is 26.2 Å². The Hall–Kier alpha value is -0.120. The van der Waals surface area contributed by atoms with E-state index in [0.29, 0.717) is 6.10 Å². The second kappa shape index (κ2) is 6.40. The van der Waals surface area contributed by atoms with Gasteiger partial charge in [-0.15, -0.1) is 0 Å². The summed E-state index contributed by atoms with van der Waals surface area (Å²) in [6.07, 6.45) is 5.07. The van der Waals surface area contributed by atoms with Crippen molar-refractivity contribution in [1.29, 1.82) is 0 Å². The van der Waals surface area contributed by atoms with Gasteiger partial charge < -0.3 is 15.8 Å². The molecule has 0 amide bonds. The van der Waals surface area contributed by atoms with E-state index in [-0.39, 0.29) is 0 Å². The molecule has 3 heteroatoms. The Labute approximate surface area is 74.7 Å². The van der Waals surface area contributed by atoms with Gasteiger partial charge in [0.25, 0.3) is 0 Å². The van der Waals surface area contributed by atoms with E-state index in [1.807, 2.05) is 0 Å². The van der Waals surface area contributed by atoms with Gasteiger partial charge in [-0.3, -0.25) is 0 Å². The summed E-state index contributed by atoms with van der Waals surface area (Å²) in [4.78, 5) is 0. The molecule has 0 aromatic rings. The first kappa shape index (κ1) is 9.96. The van der Waals surface area contributed by atoms with E-state index in [0.717, 1.165) is 39.1 Å². The lowest BCUT2D eigenvalue weighted by Gasteiger charge is -2.14. The zero-order chi connectivity index (χ0) is 8.65. The molecule has 12 heavy (non-hydrogen) atoms. The van der Waals surface area contributed by atoms with Gasteiger partial charge in [0.1, 0.15) is 0 Å². The van der Waals surface area contributed by atoms with Crippen molar-refractivity contribution < 1.29 is 4.74 Å². The fraction of sp³-hybridized carbons (Fsp3) is 1.00. The van der Waals surface area contributed by atoms with Crippen molar-refractivity contribution in [3.8, 4) is 0 Å². The van der Waals surface area contributed by atoms with Crippen molar-refractivity contribution in [2.24, 2.45) is 5.73 Å². The predicted octanol–water partition coefficient (Wildman–Crippen LogP) is 0.494. The summed E-state index contributed by atoms with van der Waals surface area (Å²) in [7, 11) is 0. The third-order valence-corrected chi connectivity index (χ3v) is 2.22. The number of hydrogen-bond acceptors (Lipinski definition) is 3. The van der Waals surface area contributed by atoms with Gasteiger partial charge in [-0.05, 0) is 45.3 Å². The molecule has 1 aliphatic heterocycles. The Kier molecular flexibility index (Phi) is 5.32. The van der Waals surface area contributed by atoms with E-state index in [1.165, 1.54) is 12.8 Å². The van der Waals surface area contributed by atoms with Crippen LogP contribution in [0.2, 0.25) is 0 Å². The Morgan fingerprint density at radius 2 is 2.25 bits per heavy atom. The lowest BCUT2D eigenvalue weighted by atomic mass is 10.1. The molecule has 72 valence electrons. The Bertz CT molecular complexity index is 101. The molecule has 0 aliphatic carbocycles. The van der Waals surface area contributed by atoms with Crippen LogP contribution < -0.4 is 11.1 Å². The number of ether oxygens (including phenoxy) is 1. The molecule has 0 spiro atoms. The lowest BCUT2D eigenvalue weighted by Crippen LogP contribution is -2.18. The highest BCUT2D eigenvalue weighted by atomic mass is 16.5. The van der Waals surface area contributed by atoms with E-state index in [9.17, 15) is 0 Å². The largest absolute Gasteiger partial charge is 0.378 e. The monoisotopic (exact) mass is 172 g/mol. The molecule has 3 N–H and O–H groups in total. The average molecular weight is 172 g/mol. The number of nitrogens with two attached hydrogens (primary N) is 1. The van der Waals surface area contributed by atoms with Crippen LogP contribution in [0, 0.1) is 0 Å². The quantitative estimate of drug-likeness (QED) is 0.607. The number of nitrogens with one attached hydrogen (secondary N) is 1. The van der Waals surface area contributed by atoms with Crippen LogP contribution in [-0.2, 0) is 4.74 Å². The van der Waals surface area contributed by atoms with Crippen molar-refractivity contribution in [2.45, 2.75) is 31.8 Å². The second-order valence-corrected chi connectivity index (χ2v) is 3.32. The predicted molar refractivity (Wildman–Crippen MR) is 50.1 cm³/mol. The maximum Gasteiger partial charge on any atom is 0.0587 e. The Morgan fingerprint density at radius 1 is 1.33 bits per heavy atom. The van der Waals surface area contributed by atoms with Crippen molar-refractivity contribution >= 4 is 0 Å². The normalized spacial score (nSPS) is 25.2. The van der Waals surface area contributed by atoms with E-state index < -0.39 is 0 Å². The maximum absolute atomic E-state index is 5.68. The molecule has 1 fully saturated rings. The summed E-state index contributed by atoms with van der Waals surface area (Å²) in [5, 5.41) is 3.36. The van der Waals surface area contributed by atoms with Gasteiger partial charge in [0, 0.05) is 6.61 Å². The molecule has 1 unspecified atom stereocenters. The van der Waals surface area contributed by atoms with Crippen molar-refractivity contribution in [3.05, 3.63) is 0 Å². The standard InChI is InChI=1S/C9H20N2O/c10-5-2-8-12-9-3-1-6-11-7-4-9/h9,11H,1-8,10H2. The van der Waals surface area contributed by atoms with Gasteiger partial charge in [-0.2, -0.15) is 0 Å². The molecule has 3 nitrogen and oxygen atoms in total. The molecule has 0 aromatic carbocycles. The minimum Gasteiger partial charge on any atom is -0.378 e. The molecule has 0 saturated carbocycles. The van der Waals surface area contributed by atoms with Crippen LogP contribution in [-0.4, -0.2) is 32.3 Å². The van der Waals surface area contributed by atoms with E-state index in [2.05, 4.69) is 5.32 Å². The summed E-state index contributed by atoms with van der Waals surface area (Å²) in [6, 6.07) is 0. The molecular weight excluding hydrogens is 152 g/mol. The highest BCUT2D eigenvalue weighted by molar-refractivity contribution is 4.66. The van der Waals surface area contributed by atoms with Crippen molar-refractivity contribution in [3.63, 3.8) is 0 Å². The highest BCUT2D eigenvalue weighted by Crippen LogP contribution is 2.09. The van der Waals surface area contributed by atoms with Crippen LogP contribution >= 0.6 is 0 Å². The first-order valence-corrected chi connectivity index (χ1v) is 4.96. The molecule has 1 atom stereocenters. The zero-order valence-electron chi connectivity index (χ0n) is 7.72. The minimum atomic E-state index is 0.478. The molecular formula is C9H20N2O. The smallest absolute Gasteiger partial charge is 0.0587 e. The van der Waals surface area contributed by atoms with Crippen LogP contribution in [0.3, 0.4) is 0 Å². The molecule has 0 aromatic heterocycles. The molecule has 0 radical (unpaired) electrons. The first-order chi connectivity index (χ1) is 5.93. The van der Waals surface area contributed by atoms with Crippen LogP contribution in [0.4, 0.5) is 0 Å². The van der Waals surface area contributed by atoms with Crippen molar-refractivity contribution in [1.82, 2.24) is 5.32 Å². The van der Waals surface area contributed by atoms with E-state index >= 15 is 0 Å². The summed E-state index contributed by atoms with van der Waals surface area (Å²) in [5.74, 6) is 0. The van der Waals surface area contributed by atoms with Crippen LogP contribution in [0.1, 0.15) is 25.7 Å². The van der Waals surface area contributed by atoms with Gasteiger partial charge in [-0.1, -0.05) is 0 Å². The summed E-state index contributed by atoms with van der Waals surface area (Å²) >= 11 is 0. The lowest BCUT2D eigenvalue weighted by molar-refractivity contribution is 0.0449. The summed E-state index contributed by atoms with van der Waals surface area (Å²) in [5.41, 5.74) is 5.38. The van der Waals surface area contributed by atoms with Gasteiger partial charge in [-0.25, -0.2) is 0 Å². The van der Waals surface area contributed by atoms with Gasteiger partial charge >= 0.3 is 0 Å². The minimum absolute atomic E-state index is 0.478. The van der Waals surface area contributed by atoms with Gasteiger partial charge in [0.05, 0.1) is 6.10 Å². The topological polar surface area (TPSA) is 47.3 Å². The average Bonchev–Trinajstić information content (AvgIpc) is 2.33.